The van der Waals surface area contributed by atoms with E-state index in [1.165, 1.54) is 12.1 Å². The van der Waals surface area contributed by atoms with E-state index in [2.05, 4.69) is 6.92 Å². The van der Waals surface area contributed by atoms with Gasteiger partial charge in [0.2, 0.25) is 0 Å². The third kappa shape index (κ3) is 4.19. The Balaban J connectivity index is 2.57. The topological polar surface area (TPSA) is 29.5 Å². The number of unbranched alkanes of at least 4 members (excludes halogenated alkanes) is 2. The first-order chi connectivity index (χ1) is 7.77. The highest BCUT2D eigenvalue weighted by molar-refractivity contribution is 5.34. The molecule has 0 spiro atoms. The molecular formula is C13H19FO2. The highest BCUT2D eigenvalue weighted by Crippen LogP contribution is 2.20. The van der Waals surface area contributed by atoms with Crippen molar-refractivity contribution in [1.29, 1.82) is 0 Å². The molecule has 0 saturated heterocycles. The minimum absolute atomic E-state index is 0.0525. The Kier molecular flexibility index (Phi) is 5.86. The Hall–Kier alpha value is -1.09. The molecule has 1 N–H and O–H groups in total. The lowest BCUT2D eigenvalue weighted by molar-refractivity contribution is 0.284. The molecule has 0 aliphatic heterocycles. The van der Waals surface area contributed by atoms with Crippen molar-refractivity contribution < 1.29 is 14.2 Å². The smallest absolute Gasteiger partial charge is 0.126 e. The quantitative estimate of drug-likeness (QED) is 0.724. The van der Waals surface area contributed by atoms with Crippen molar-refractivity contribution >= 4 is 0 Å². The van der Waals surface area contributed by atoms with Crippen LogP contribution >= 0.6 is 0 Å². The van der Waals surface area contributed by atoms with Gasteiger partial charge in [-0.05, 0) is 24.5 Å². The summed E-state index contributed by atoms with van der Waals surface area (Å²) >= 11 is 0. The van der Waals surface area contributed by atoms with Gasteiger partial charge in [0.15, 0.2) is 0 Å². The van der Waals surface area contributed by atoms with E-state index in [0.29, 0.717) is 18.8 Å². The lowest BCUT2D eigenvalue weighted by atomic mass is 10.1. The van der Waals surface area contributed by atoms with Crippen molar-refractivity contribution in [3.8, 4) is 5.75 Å². The molecule has 0 atom stereocenters. The van der Waals surface area contributed by atoms with Crippen LogP contribution in [0.25, 0.3) is 0 Å². The Bertz CT molecular complexity index is 313. The van der Waals surface area contributed by atoms with E-state index >= 15 is 0 Å². The lowest BCUT2D eigenvalue weighted by Crippen LogP contribution is -2.02. The zero-order chi connectivity index (χ0) is 11.8. The van der Waals surface area contributed by atoms with Crippen LogP contribution < -0.4 is 4.74 Å². The minimum atomic E-state index is -0.299. The van der Waals surface area contributed by atoms with Crippen LogP contribution in [0.1, 0.15) is 31.7 Å². The Labute approximate surface area is 96.1 Å². The van der Waals surface area contributed by atoms with Crippen LogP contribution in [0, 0.1) is 5.82 Å². The number of hydrogen-bond donors (Lipinski definition) is 1. The highest BCUT2D eigenvalue weighted by atomic mass is 19.1. The van der Waals surface area contributed by atoms with Crippen LogP contribution in [0.4, 0.5) is 4.39 Å². The summed E-state index contributed by atoms with van der Waals surface area (Å²) in [7, 11) is 0. The minimum Gasteiger partial charge on any atom is -0.493 e. The Morgan fingerprint density at radius 2 is 2.12 bits per heavy atom. The SMILES string of the molecule is CCCCCOc1cc(F)ccc1CCO. The van der Waals surface area contributed by atoms with Crippen molar-refractivity contribution in [2.45, 2.75) is 32.6 Å². The molecule has 0 unspecified atom stereocenters. The van der Waals surface area contributed by atoms with E-state index in [1.807, 2.05) is 0 Å². The van der Waals surface area contributed by atoms with Gasteiger partial charge in [0.05, 0.1) is 6.61 Å². The summed E-state index contributed by atoms with van der Waals surface area (Å²) in [5.41, 5.74) is 0.861. The fourth-order valence-electron chi connectivity index (χ4n) is 1.52. The van der Waals surface area contributed by atoms with Gasteiger partial charge in [-0.25, -0.2) is 4.39 Å². The molecule has 0 fully saturated rings. The maximum Gasteiger partial charge on any atom is 0.126 e. The molecule has 0 saturated carbocycles. The predicted octanol–water partition coefficient (Wildman–Crippen LogP) is 2.93. The van der Waals surface area contributed by atoms with E-state index in [9.17, 15) is 4.39 Å². The van der Waals surface area contributed by atoms with E-state index < -0.39 is 0 Å². The Morgan fingerprint density at radius 1 is 1.31 bits per heavy atom. The summed E-state index contributed by atoms with van der Waals surface area (Å²) in [4.78, 5) is 0. The van der Waals surface area contributed by atoms with E-state index in [4.69, 9.17) is 9.84 Å². The van der Waals surface area contributed by atoms with Crippen LogP contribution in [0.5, 0.6) is 5.75 Å². The molecule has 0 aliphatic rings. The summed E-state index contributed by atoms with van der Waals surface area (Å²) in [5.74, 6) is 0.261. The van der Waals surface area contributed by atoms with Gasteiger partial charge in [-0.2, -0.15) is 0 Å². The van der Waals surface area contributed by atoms with E-state index in [-0.39, 0.29) is 12.4 Å². The fourth-order valence-corrected chi connectivity index (χ4v) is 1.52. The first kappa shape index (κ1) is 13.0. The summed E-state index contributed by atoms with van der Waals surface area (Å²) in [6.45, 7) is 2.78. The number of aliphatic hydroxyl groups is 1. The molecule has 1 aromatic carbocycles. The predicted molar refractivity (Wildman–Crippen MR) is 62.2 cm³/mol. The number of benzene rings is 1. The molecule has 0 aliphatic carbocycles. The average Bonchev–Trinajstić information content (AvgIpc) is 2.28. The van der Waals surface area contributed by atoms with Gasteiger partial charge in [0.25, 0.3) is 0 Å². The van der Waals surface area contributed by atoms with Crippen LogP contribution in [-0.4, -0.2) is 18.3 Å². The number of halogens is 1. The van der Waals surface area contributed by atoms with Crippen LogP contribution in [-0.2, 0) is 6.42 Å². The molecule has 0 aromatic heterocycles. The van der Waals surface area contributed by atoms with Gasteiger partial charge in [-0.15, -0.1) is 0 Å². The van der Waals surface area contributed by atoms with Gasteiger partial charge in [0.1, 0.15) is 11.6 Å². The third-order valence-electron chi connectivity index (χ3n) is 2.42. The molecule has 90 valence electrons. The number of rotatable bonds is 7. The molecule has 1 rings (SSSR count). The third-order valence-corrected chi connectivity index (χ3v) is 2.42. The number of ether oxygens (including phenoxy) is 1. The van der Waals surface area contributed by atoms with Crippen molar-refractivity contribution in [3.05, 3.63) is 29.6 Å². The number of hydrogen-bond acceptors (Lipinski definition) is 2. The molecule has 0 radical (unpaired) electrons. The van der Waals surface area contributed by atoms with Crippen molar-refractivity contribution in [2.75, 3.05) is 13.2 Å². The largest absolute Gasteiger partial charge is 0.493 e. The summed E-state index contributed by atoms with van der Waals surface area (Å²) in [5, 5.41) is 8.87. The van der Waals surface area contributed by atoms with Gasteiger partial charge >= 0.3 is 0 Å². The monoisotopic (exact) mass is 226 g/mol. The Morgan fingerprint density at radius 3 is 2.81 bits per heavy atom. The van der Waals surface area contributed by atoms with Crippen molar-refractivity contribution in [1.82, 2.24) is 0 Å². The van der Waals surface area contributed by atoms with E-state index in [0.717, 1.165) is 24.8 Å². The van der Waals surface area contributed by atoms with Crippen LogP contribution in [0.3, 0.4) is 0 Å². The average molecular weight is 226 g/mol. The molecule has 2 nitrogen and oxygen atoms in total. The van der Waals surface area contributed by atoms with Gasteiger partial charge in [-0.3, -0.25) is 0 Å². The zero-order valence-corrected chi connectivity index (χ0v) is 9.71. The van der Waals surface area contributed by atoms with Crippen LogP contribution in [0.2, 0.25) is 0 Å². The number of aliphatic hydroxyl groups excluding tert-OH is 1. The second-order valence-electron chi connectivity index (χ2n) is 3.78. The first-order valence-corrected chi connectivity index (χ1v) is 5.80. The molecule has 0 amide bonds. The first-order valence-electron chi connectivity index (χ1n) is 5.80. The van der Waals surface area contributed by atoms with E-state index in [1.54, 1.807) is 6.07 Å². The summed E-state index contributed by atoms with van der Waals surface area (Å²) < 4.78 is 18.5. The molecular weight excluding hydrogens is 207 g/mol. The maximum atomic E-state index is 13.0. The molecule has 0 bridgehead atoms. The van der Waals surface area contributed by atoms with Crippen molar-refractivity contribution in [2.24, 2.45) is 0 Å². The van der Waals surface area contributed by atoms with Gasteiger partial charge in [-0.1, -0.05) is 25.8 Å². The van der Waals surface area contributed by atoms with Crippen LogP contribution in [0.15, 0.2) is 18.2 Å². The summed E-state index contributed by atoms with van der Waals surface area (Å²) in [6, 6.07) is 4.45. The second kappa shape index (κ2) is 7.23. The second-order valence-corrected chi connectivity index (χ2v) is 3.78. The standard InChI is InChI=1S/C13H19FO2/c1-2-3-4-9-16-13-10-12(14)6-5-11(13)7-8-15/h5-6,10,15H,2-4,7-9H2,1H3. The normalized spacial score (nSPS) is 10.4. The van der Waals surface area contributed by atoms with Gasteiger partial charge < -0.3 is 9.84 Å². The fraction of sp³-hybridized carbons (Fsp3) is 0.538. The highest BCUT2D eigenvalue weighted by Gasteiger charge is 2.04. The maximum absolute atomic E-state index is 13.0. The van der Waals surface area contributed by atoms with Gasteiger partial charge in [0, 0.05) is 12.7 Å². The molecule has 0 heterocycles. The molecule has 3 heteroatoms. The zero-order valence-electron chi connectivity index (χ0n) is 9.71. The molecule has 1 aromatic rings. The lowest BCUT2D eigenvalue weighted by Gasteiger charge is -2.10. The summed E-state index contributed by atoms with van der Waals surface area (Å²) in [6.07, 6.45) is 3.73. The van der Waals surface area contributed by atoms with Crippen molar-refractivity contribution in [3.63, 3.8) is 0 Å². The molecule has 16 heavy (non-hydrogen) atoms.